The molecule has 0 fully saturated rings. The molecule has 222 valence electrons. The number of hydrogen-bond donors (Lipinski definition) is 0. The third-order valence-electron chi connectivity index (χ3n) is 6.39. The Balaban J connectivity index is 2.97. The molecular formula is C30H49F5O3. The van der Waals surface area contributed by atoms with Gasteiger partial charge in [0, 0.05) is 11.5 Å². The van der Waals surface area contributed by atoms with Crippen LogP contribution in [0, 0.1) is 35.0 Å². The van der Waals surface area contributed by atoms with Crippen LogP contribution in [0.15, 0.2) is 0 Å². The fourth-order valence-corrected chi connectivity index (χ4v) is 4.77. The van der Waals surface area contributed by atoms with E-state index in [-0.39, 0.29) is 37.1 Å². The van der Waals surface area contributed by atoms with Crippen molar-refractivity contribution in [2.45, 2.75) is 150 Å². The average Bonchev–Trinajstić information content (AvgIpc) is 2.82. The largest absolute Gasteiger partial charge is 0.324 e. The normalized spacial score (nSPS) is 13.3. The van der Waals surface area contributed by atoms with Gasteiger partial charge in [0.25, 0.3) is 5.97 Å². The molecule has 0 aliphatic carbocycles. The molecule has 0 saturated carbocycles. The number of halogens is 5. The summed E-state index contributed by atoms with van der Waals surface area (Å²) in [6, 6.07) is 0. The lowest BCUT2D eigenvalue weighted by Crippen LogP contribution is -2.50. The molecule has 0 aliphatic heterocycles. The van der Waals surface area contributed by atoms with Gasteiger partial charge in [0.05, 0.1) is 18.3 Å². The lowest BCUT2D eigenvalue weighted by molar-refractivity contribution is -0.433. The number of benzene rings is 1. The molecule has 1 aromatic rings. The summed E-state index contributed by atoms with van der Waals surface area (Å²) in [7, 11) is 0. The molecule has 1 atom stereocenters. The fraction of sp³-hybridized carbons (Fsp3) is 0.800. The molecule has 0 N–H and O–H groups in total. The highest BCUT2D eigenvalue weighted by Gasteiger charge is 2.44. The van der Waals surface area contributed by atoms with Crippen LogP contribution in [0.4, 0.5) is 22.0 Å². The molecule has 1 unspecified atom stereocenters. The second-order valence-electron chi connectivity index (χ2n) is 11.0. The van der Waals surface area contributed by atoms with E-state index in [2.05, 4.69) is 6.92 Å². The zero-order chi connectivity index (χ0) is 28.9. The topological polar surface area (TPSA) is 27.7 Å². The van der Waals surface area contributed by atoms with Crippen LogP contribution in [0.25, 0.3) is 0 Å². The monoisotopic (exact) mass is 552 g/mol. The van der Waals surface area contributed by atoms with E-state index in [0.29, 0.717) is 19.3 Å². The van der Waals surface area contributed by atoms with E-state index >= 15 is 0 Å². The number of hydrogen-bond acceptors (Lipinski definition) is 3. The van der Waals surface area contributed by atoms with Gasteiger partial charge < -0.3 is 14.2 Å². The number of rotatable bonds is 20. The van der Waals surface area contributed by atoms with Crippen molar-refractivity contribution in [2.75, 3.05) is 0 Å². The van der Waals surface area contributed by atoms with E-state index < -0.39 is 40.6 Å². The fourth-order valence-electron chi connectivity index (χ4n) is 4.77. The molecule has 8 heteroatoms. The highest BCUT2D eigenvalue weighted by molar-refractivity contribution is 5.24. The molecular weight excluding hydrogens is 503 g/mol. The van der Waals surface area contributed by atoms with Gasteiger partial charge in [0.15, 0.2) is 23.3 Å². The Morgan fingerprint density at radius 1 is 0.526 bits per heavy atom. The van der Waals surface area contributed by atoms with E-state index in [4.69, 9.17) is 14.2 Å². The summed E-state index contributed by atoms with van der Waals surface area (Å²) in [6.07, 6.45) is 9.21. The molecule has 0 bridgehead atoms. The SMILES string of the molecule is CCCCCCCCC(CCCCCc1c(F)c(F)c(F)c(F)c1F)C(OC(C)C)(OC(C)C)OC(C)C. The highest BCUT2D eigenvalue weighted by atomic mass is 19.2. The summed E-state index contributed by atoms with van der Waals surface area (Å²) in [5.41, 5.74) is -0.756. The Labute approximate surface area is 226 Å². The summed E-state index contributed by atoms with van der Waals surface area (Å²) in [6.45, 7) is 13.8. The number of ether oxygens (including phenoxy) is 3. The van der Waals surface area contributed by atoms with Gasteiger partial charge in [-0.05, 0) is 67.2 Å². The van der Waals surface area contributed by atoms with E-state index in [9.17, 15) is 22.0 Å². The van der Waals surface area contributed by atoms with E-state index in [1.165, 1.54) is 19.3 Å². The first-order chi connectivity index (χ1) is 17.9. The maximum Gasteiger partial charge on any atom is 0.286 e. The quantitative estimate of drug-likeness (QED) is 0.0530. The van der Waals surface area contributed by atoms with Gasteiger partial charge in [0.2, 0.25) is 5.82 Å². The summed E-state index contributed by atoms with van der Waals surface area (Å²) < 4.78 is 87.6. The second-order valence-corrected chi connectivity index (χ2v) is 11.0. The smallest absolute Gasteiger partial charge is 0.286 e. The van der Waals surface area contributed by atoms with Gasteiger partial charge in [-0.25, -0.2) is 22.0 Å². The maximum atomic E-state index is 14.0. The second kappa shape index (κ2) is 17.4. The van der Waals surface area contributed by atoms with Gasteiger partial charge in [-0.15, -0.1) is 0 Å². The molecule has 1 aromatic carbocycles. The summed E-state index contributed by atoms with van der Waals surface area (Å²) >= 11 is 0. The zero-order valence-electron chi connectivity index (χ0n) is 24.4. The summed E-state index contributed by atoms with van der Waals surface area (Å²) in [5, 5.41) is 0. The lowest BCUT2D eigenvalue weighted by Gasteiger charge is -2.43. The molecule has 0 spiro atoms. The predicted molar refractivity (Wildman–Crippen MR) is 141 cm³/mol. The third-order valence-corrected chi connectivity index (χ3v) is 6.39. The van der Waals surface area contributed by atoms with Crippen molar-refractivity contribution in [3.63, 3.8) is 0 Å². The van der Waals surface area contributed by atoms with Gasteiger partial charge in [-0.2, -0.15) is 0 Å². The van der Waals surface area contributed by atoms with Crippen LogP contribution in [-0.2, 0) is 20.6 Å². The Morgan fingerprint density at radius 3 is 1.32 bits per heavy atom. The minimum Gasteiger partial charge on any atom is -0.324 e. The summed E-state index contributed by atoms with van der Waals surface area (Å²) in [5.74, 6) is -10.7. The maximum absolute atomic E-state index is 14.0. The lowest BCUT2D eigenvalue weighted by atomic mass is 9.91. The molecule has 0 aromatic heterocycles. The van der Waals surface area contributed by atoms with Crippen molar-refractivity contribution >= 4 is 0 Å². The number of unbranched alkanes of at least 4 members (excludes halogenated alkanes) is 7. The highest BCUT2D eigenvalue weighted by Crippen LogP contribution is 2.37. The van der Waals surface area contributed by atoms with E-state index in [0.717, 1.165) is 25.7 Å². The van der Waals surface area contributed by atoms with Gasteiger partial charge in [-0.3, -0.25) is 0 Å². The van der Waals surface area contributed by atoms with Gasteiger partial charge in [-0.1, -0.05) is 58.3 Å². The van der Waals surface area contributed by atoms with Crippen molar-refractivity contribution < 1.29 is 36.2 Å². The van der Waals surface area contributed by atoms with E-state index in [1.54, 1.807) is 0 Å². The Bertz CT molecular complexity index is 758. The van der Waals surface area contributed by atoms with Crippen molar-refractivity contribution in [3.8, 4) is 0 Å². The Morgan fingerprint density at radius 2 is 0.895 bits per heavy atom. The first-order valence-corrected chi connectivity index (χ1v) is 14.4. The molecule has 0 radical (unpaired) electrons. The van der Waals surface area contributed by atoms with Crippen LogP contribution in [0.5, 0.6) is 0 Å². The van der Waals surface area contributed by atoms with Crippen molar-refractivity contribution in [1.82, 2.24) is 0 Å². The Kier molecular flexibility index (Phi) is 16.0. The summed E-state index contributed by atoms with van der Waals surface area (Å²) in [4.78, 5) is 0. The molecule has 0 aliphatic rings. The van der Waals surface area contributed by atoms with Crippen LogP contribution in [0.2, 0.25) is 0 Å². The first kappa shape index (κ1) is 34.8. The third kappa shape index (κ3) is 11.1. The zero-order valence-corrected chi connectivity index (χ0v) is 24.4. The van der Waals surface area contributed by atoms with Crippen LogP contribution in [-0.4, -0.2) is 24.3 Å². The standard InChI is InChI=1S/C30H49F5O3/c1-8-9-10-11-12-14-17-23(30(36-20(2)3,37-21(4)5)38-22(6)7)18-15-13-16-19-24-25(31)27(33)29(35)28(34)26(24)32/h20-23H,8-19H2,1-7H3. The molecule has 0 amide bonds. The van der Waals surface area contributed by atoms with Crippen LogP contribution < -0.4 is 0 Å². The van der Waals surface area contributed by atoms with Crippen LogP contribution in [0.3, 0.4) is 0 Å². The van der Waals surface area contributed by atoms with Crippen molar-refractivity contribution in [1.29, 1.82) is 0 Å². The average molecular weight is 553 g/mol. The van der Waals surface area contributed by atoms with E-state index in [1.807, 2.05) is 41.5 Å². The van der Waals surface area contributed by atoms with Crippen LogP contribution >= 0.6 is 0 Å². The van der Waals surface area contributed by atoms with Crippen molar-refractivity contribution in [3.05, 3.63) is 34.6 Å². The minimum absolute atomic E-state index is 0.0879. The minimum atomic E-state index is -2.13. The van der Waals surface area contributed by atoms with Gasteiger partial charge >= 0.3 is 0 Å². The molecule has 3 nitrogen and oxygen atoms in total. The van der Waals surface area contributed by atoms with Crippen LogP contribution in [0.1, 0.15) is 125 Å². The van der Waals surface area contributed by atoms with Gasteiger partial charge in [0.1, 0.15) is 0 Å². The molecule has 38 heavy (non-hydrogen) atoms. The molecule has 0 saturated heterocycles. The Hall–Kier alpha value is -1.25. The van der Waals surface area contributed by atoms with Crippen molar-refractivity contribution in [2.24, 2.45) is 5.92 Å². The predicted octanol–water partition coefficient (Wildman–Crippen LogP) is 9.78. The first-order valence-electron chi connectivity index (χ1n) is 14.4. The molecule has 0 heterocycles. The molecule has 1 rings (SSSR count).